The molecule has 1 aliphatic rings. The molecule has 3 rings (SSSR count). The molecule has 0 radical (unpaired) electrons. The van der Waals surface area contributed by atoms with Crippen molar-refractivity contribution in [2.75, 3.05) is 11.9 Å². The van der Waals surface area contributed by atoms with Gasteiger partial charge in [0.15, 0.2) is 6.61 Å². The summed E-state index contributed by atoms with van der Waals surface area (Å²) in [5, 5.41) is 2.69. The zero-order valence-electron chi connectivity index (χ0n) is 12.5. The fraction of sp³-hybridized carbons (Fsp3) is 0.222. The Labute approximate surface area is 134 Å². The summed E-state index contributed by atoms with van der Waals surface area (Å²) in [6.45, 7) is -0.265. The third-order valence-corrected chi connectivity index (χ3v) is 3.35. The standard InChI is InChI=1S/C18H17NO4/c20-17(12-22-18(21)13-9-10-13)19-14-5-4-8-16(11-14)23-15-6-2-1-3-7-15/h1-8,11,13H,9-10,12H2,(H,19,20). The minimum absolute atomic E-state index is 0.00889. The second-order valence-corrected chi connectivity index (χ2v) is 5.37. The summed E-state index contributed by atoms with van der Waals surface area (Å²) >= 11 is 0. The van der Waals surface area contributed by atoms with Crippen LogP contribution in [0, 0.1) is 5.92 Å². The summed E-state index contributed by atoms with van der Waals surface area (Å²) in [5.74, 6) is 0.667. The van der Waals surface area contributed by atoms with Crippen molar-refractivity contribution >= 4 is 17.6 Å². The topological polar surface area (TPSA) is 64.6 Å². The Morgan fingerprint density at radius 2 is 1.74 bits per heavy atom. The van der Waals surface area contributed by atoms with Gasteiger partial charge in [-0.15, -0.1) is 0 Å². The Hall–Kier alpha value is -2.82. The fourth-order valence-corrected chi connectivity index (χ4v) is 2.03. The molecule has 5 heteroatoms. The zero-order valence-corrected chi connectivity index (χ0v) is 12.5. The van der Waals surface area contributed by atoms with E-state index in [9.17, 15) is 9.59 Å². The smallest absolute Gasteiger partial charge is 0.309 e. The van der Waals surface area contributed by atoms with Gasteiger partial charge in [0.1, 0.15) is 11.5 Å². The van der Waals surface area contributed by atoms with Crippen molar-refractivity contribution < 1.29 is 19.1 Å². The van der Waals surface area contributed by atoms with Crippen LogP contribution in [0.3, 0.4) is 0 Å². The molecule has 1 aliphatic carbocycles. The molecule has 1 fully saturated rings. The van der Waals surface area contributed by atoms with Gasteiger partial charge < -0.3 is 14.8 Å². The average Bonchev–Trinajstić information content (AvgIpc) is 3.39. The maximum Gasteiger partial charge on any atom is 0.309 e. The first-order valence-electron chi connectivity index (χ1n) is 7.50. The van der Waals surface area contributed by atoms with E-state index in [-0.39, 0.29) is 24.4 Å². The SMILES string of the molecule is O=C(COC(=O)C1CC1)Nc1cccc(Oc2ccccc2)c1. The molecule has 0 saturated heterocycles. The molecular formula is C18H17NO4. The molecule has 0 heterocycles. The molecule has 0 aromatic heterocycles. The van der Waals surface area contributed by atoms with Crippen LogP contribution in [-0.2, 0) is 14.3 Å². The molecule has 118 valence electrons. The number of hydrogen-bond donors (Lipinski definition) is 1. The number of amides is 1. The molecule has 0 spiro atoms. The number of carbonyl (C=O) groups excluding carboxylic acids is 2. The number of hydrogen-bond acceptors (Lipinski definition) is 4. The lowest BCUT2D eigenvalue weighted by atomic mass is 10.3. The Morgan fingerprint density at radius 3 is 2.48 bits per heavy atom. The van der Waals surface area contributed by atoms with E-state index in [1.54, 1.807) is 24.3 Å². The number of nitrogens with one attached hydrogen (secondary N) is 1. The summed E-state index contributed by atoms with van der Waals surface area (Å²) in [6, 6.07) is 16.4. The van der Waals surface area contributed by atoms with Gasteiger partial charge in [0.25, 0.3) is 5.91 Å². The molecule has 0 unspecified atom stereocenters. The summed E-state index contributed by atoms with van der Waals surface area (Å²) in [7, 11) is 0. The van der Waals surface area contributed by atoms with Crippen molar-refractivity contribution in [3.63, 3.8) is 0 Å². The predicted octanol–water partition coefficient (Wildman–Crippen LogP) is 3.37. The molecule has 0 bridgehead atoms. The number of rotatable bonds is 6. The van der Waals surface area contributed by atoms with Crippen molar-refractivity contribution in [3.8, 4) is 11.5 Å². The van der Waals surface area contributed by atoms with E-state index in [1.165, 1.54) is 0 Å². The van der Waals surface area contributed by atoms with Crippen LogP contribution in [0.25, 0.3) is 0 Å². The minimum atomic E-state index is -0.365. The maximum atomic E-state index is 11.8. The molecule has 2 aromatic rings. The fourth-order valence-electron chi connectivity index (χ4n) is 2.03. The summed E-state index contributed by atoms with van der Waals surface area (Å²) in [5.41, 5.74) is 0.589. The second-order valence-electron chi connectivity index (χ2n) is 5.37. The van der Waals surface area contributed by atoms with E-state index in [2.05, 4.69) is 5.32 Å². The van der Waals surface area contributed by atoms with Crippen LogP contribution in [-0.4, -0.2) is 18.5 Å². The quantitative estimate of drug-likeness (QED) is 0.831. The van der Waals surface area contributed by atoms with Gasteiger partial charge in [-0.05, 0) is 37.1 Å². The van der Waals surface area contributed by atoms with Crippen LogP contribution in [0.1, 0.15) is 12.8 Å². The van der Waals surface area contributed by atoms with Gasteiger partial charge in [-0.25, -0.2) is 0 Å². The van der Waals surface area contributed by atoms with Crippen LogP contribution in [0.5, 0.6) is 11.5 Å². The lowest BCUT2D eigenvalue weighted by molar-refractivity contribution is -0.148. The highest BCUT2D eigenvalue weighted by atomic mass is 16.5. The number of esters is 1. The van der Waals surface area contributed by atoms with E-state index in [1.807, 2.05) is 30.3 Å². The first-order valence-corrected chi connectivity index (χ1v) is 7.50. The van der Waals surface area contributed by atoms with Gasteiger partial charge in [-0.2, -0.15) is 0 Å². The maximum absolute atomic E-state index is 11.8. The van der Waals surface area contributed by atoms with Gasteiger partial charge >= 0.3 is 5.97 Å². The summed E-state index contributed by atoms with van der Waals surface area (Å²) in [4.78, 5) is 23.2. The Kier molecular flexibility index (Phi) is 4.57. The lowest BCUT2D eigenvalue weighted by Crippen LogP contribution is -2.21. The molecule has 0 aliphatic heterocycles. The molecule has 0 atom stereocenters. The molecule has 1 amide bonds. The van der Waals surface area contributed by atoms with Crippen molar-refractivity contribution in [1.82, 2.24) is 0 Å². The molecule has 2 aromatic carbocycles. The van der Waals surface area contributed by atoms with E-state index in [0.717, 1.165) is 12.8 Å². The monoisotopic (exact) mass is 311 g/mol. The van der Waals surface area contributed by atoms with Crippen molar-refractivity contribution in [1.29, 1.82) is 0 Å². The Morgan fingerprint density at radius 1 is 1.00 bits per heavy atom. The molecular weight excluding hydrogens is 294 g/mol. The average molecular weight is 311 g/mol. The number of para-hydroxylation sites is 1. The summed E-state index contributed by atoms with van der Waals surface area (Å²) < 4.78 is 10.6. The van der Waals surface area contributed by atoms with Gasteiger partial charge in [-0.1, -0.05) is 24.3 Å². The first kappa shape index (κ1) is 15.1. The van der Waals surface area contributed by atoms with E-state index in [4.69, 9.17) is 9.47 Å². The first-order chi connectivity index (χ1) is 11.2. The zero-order chi connectivity index (χ0) is 16.1. The lowest BCUT2D eigenvalue weighted by Gasteiger charge is -2.09. The number of anilines is 1. The molecule has 5 nitrogen and oxygen atoms in total. The number of benzene rings is 2. The number of carbonyl (C=O) groups is 2. The minimum Gasteiger partial charge on any atom is -0.457 e. The highest BCUT2D eigenvalue weighted by Crippen LogP contribution is 2.30. The third-order valence-electron chi connectivity index (χ3n) is 3.35. The highest BCUT2D eigenvalue weighted by Gasteiger charge is 2.31. The summed E-state index contributed by atoms with van der Waals surface area (Å²) in [6.07, 6.45) is 1.72. The third kappa shape index (κ3) is 4.57. The van der Waals surface area contributed by atoms with Gasteiger partial charge in [-0.3, -0.25) is 9.59 Å². The molecule has 1 saturated carbocycles. The predicted molar refractivity (Wildman–Crippen MR) is 85.3 cm³/mol. The highest BCUT2D eigenvalue weighted by molar-refractivity contribution is 5.93. The van der Waals surface area contributed by atoms with Crippen molar-refractivity contribution in [2.24, 2.45) is 5.92 Å². The van der Waals surface area contributed by atoms with E-state index < -0.39 is 0 Å². The number of ether oxygens (including phenoxy) is 2. The molecule has 1 N–H and O–H groups in total. The van der Waals surface area contributed by atoms with Crippen LogP contribution < -0.4 is 10.1 Å². The van der Waals surface area contributed by atoms with Crippen LogP contribution in [0.15, 0.2) is 54.6 Å². The normalized spacial score (nSPS) is 13.2. The van der Waals surface area contributed by atoms with Crippen LogP contribution in [0.4, 0.5) is 5.69 Å². The van der Waals surface area contributed by atoms with Crippen LogP contribution >= 0.6 is 0 Å². The van der Waals surface area contributed by atoms with Gasteiger partial charge in [0.2, 0.25) is 0 Å². The van der Waals surface area contributed by atoms with Crippen LogP contribution in [0.2, 0.25) is 0 Å². The largest absolute Gasteiger partial charge is 0.457 e. The van der Waals surface area contributed by atoms with Crippen molar-refractivity contribution in [2.45, 2.75) is 12.8 Å². The van der Waals surface area contributed by atoms with E-state index in [0.29, 0.717) is 17.2 Å². The molecule has 23 heavy (non-hydrogen) atoms. The van der Waals surface area contributed by atoms with Gasteiger partial charge in [0, 0.05) is 11.8 Å². The van der Waals surface area contributed by atoms with Gasteiger partial charge in [0.05, 0.1) is 5.92 Å². The Bertz CT molecular complexity index is 695. The Balaban J connectivity index is 1.54. The van der Waals surface area contributed by atoms with Crippen molar-refractivity contribution in [3.05, 3.63) is 54.6 Å². The second kappa shape index (κ2) is 6.96. The van der Waals surface area contributed by atoms with E-state index >= 15 is 0 Å².